The Morgan fingerprint density at radius 3 is 2.85 bits per heavy atom. The Balaban J connectivity index is 1.84. The van der Waals surface area contributed by atoms with Crippen LogP contribution in [-0.4, -0.2) is 12.4 Å². The first kappa shape index (κ1) is 8.32. The van der Waals surface area contributed by atoms with E-state index >= 15 is 0 Å². The SMILES string of the molecule is C=CCC1OC1Oc1ccccc1. The third-order valence-corrected chi connectivity index (χ3v) is 1.93. The van der Waals surface area contributed by atoms with Crippen LogP contribution in [0.3, 0.4) is 0 Å². The Labute approximate surface area is 77.8 Å². The van der Waals surface area contributed by atoms with Crippen molar-refractivity contribution in [2.75, 3.05) is 0 Å². The molecule has 1 heterocycles. The lowest BCUT2D eigenvalue weighted by molar-refractivity contribution is 0.178. The number of benzene rings is 1. The molecule has 2 atom stereocenters. The van der Waals surface area contributed by atoms with Crippen LogP contribution >= 0.6 is 0 Å². The van der Waals surface area contributed by atoms with Gasteiger partial charge in [0.05, 0.1) is 0 Å². The summed E-state index contributed by atoms with van der Waals surface area (Å²) in [6, 6.07) is 9.70. The van der Waals surface area contributed by atoms with Gasteiger partial charge in [-0.15, -0.1) is 6.58 Å². The number of para-hydroxylation sites is 1. The maximum absolute atomic E-state index is 5.52. The highest BCUT2D eigenvalue weighted by Gasteiger charge is 2.39. The van der Waals surface area contributed by atoms with Gasteiger partial charge in [0.25, 0.3) is 0 Å². The maximum atomic E-state index is 5.52. The summed E-state index contributed by atoms with van der Waals surface area (Å²) in [6.45, 7) is 3.65. The molecule has 1 aromatic carbocycles. The summed E-state index contributed by atoms with van der Waals surface area (Å²) in [5, 5.41) is 0. The molecule has 1 aliphatic rings. The summed E-state index contributed by atoms with van der Waals surface area (Å²) in [5.74, 6) is 0.860. The van der Waals surface area contributed by atoms with Crippen LogP contribution in [0.25, 0.3) is 0 Å². The molecule has 68 valence electrons. The molecular weight excluding hydrogens is 164 g/mol. The summed E-state index contributed by atoms with van der Waals surface area (Å²) >= 11 is 0. The first-order valence-electron chi connectivity index (χ1n) is 4.38. The first-order chi connectivity index (χ1) is 6.40. The monoisotopic (exact) mass is 176 g/mol. The number of rotatable bonds is 4. The van der Waals surface area contributed by atoms with Crippen molar-refractivity contribution in [1.29, 1.82) is 0 Å². The molecule has 1 aliphatic heterocycles. The highest BCUT2D eigenvalue weighted by Crippen LogP contribution is 2.28. The highest BCUT2D eigenvalue weighted by molar-refractivity contribution is 5.21. The largest absolute Gasteiger partial charge is 0.462 e. The molecule has 0 amide bonds. The molecule has 1 fully saturated rings. The third-order valence-electron chi connectivity index (χ3n) is 1.93. The lowest BCUT2D eigenvalue weighted by Crippen LogP contribution is -2.02. The average Bonchev–Trinajstić information content (AvgIpc) is 2.86. The van der Waals surface area contributed by atoms with Crippen molar-refractivity contribution in [3.8, 4) is 5.75 Å². The summed E-state index contributed by atoms with van der Waals surface area (Å²) in [4.78, 5) is 0. The average molecular weight is 176 g/mol. The van der Waals surface area contributed by atoms with Gasteiger partial charge in [-0.25, -0.2) is 0 Å². The maximum Gasteiger partial charge on any atom is 0.227 e. The van der Waals surface area contributed by atoms with Gasteiger partial charge in [-0.3, -0.25) is 0 Å². The van der Waals surface area contributed by atoms with Gasteiger partial charge >= 0.3 is 0 Å². The Morgan fingerprint density at radius 2 is 2.15 bits per heavy atom. The van der Waals surface area contributed by atoms with Crippen molar-refractivity contribution in [3.63, 3.8) is 0 Å². The number of hydrogen-bond acceptors (Lipinski definition) is 2. The summed E-state index contributed by atoms with van der Waals surface area (Å²) in [7, 11) is 0. The smallest absolute Gasteiger partial charge is 0.227 e. The Morgan fingerprint density at radius 1 is 1.38 bits per heavy atom. The molecule has 1 saturated heterocycles. The zero-order valence-electron chi connectivity index (χ0n) is 7.35. The van der Waals surface area contributed by atoms with Gasteiger partial charge in [0.1, 0.15) is 11.9 Å². The Bertz CT molecular complexity index is 281. The lowest BCUT2D eigenvalue weighted by atomic mass is 10.3. The van der Waals surface area contributed by atoms with Gasteiger partial charge in [-0.05, 0) is 18.6 Å². The topological polar surface area (TPSA) is 21.8 Å². The van der Waals surface area contributed by atoms with Gasteiger partial charge in [-0.1, -0.05) is 24.3 Å². The quantitative estimate of drug-likeness (QED) is 0.519. The van der Waals surface area contributed by atoms with Gasteiger partial charge in [0.15, 0.2) is 0 Å². The standard InChI is InChI=1S/C11H12O2/c1-2-6-10-11(13-10)12-9-7-4-3-5-8-9/h2-5,7-8,10-11H,1,6H2. The minimum atomic E-state index is -0.0691. The van der Waals surface area contributed by atoms with Crippen LogP contribution in [0, 0.1) is 0 Å². The van der Waals surface area contributed by atoms with Gasteiger partial charge in [0, 0.05) is 0 Å². The van der Waals surface area contributed by atoms with Gasteiger partial charge in [0.2, 0.25) is 6.29 Å². The van der Waals surface area contributed by atoms with E-state index in [1.54, 1.807) is 0 Å². The lowest BCUT2D eigenvalue weighted by Gasteiger charge is -2.00. The number of hydrogen-bond donors (Lipinski definition) is 0. The molecule has 1 aromatic rings. The van der Waals surface area contributed by atoms with Crippen LogP contribution in [-0.2, 0) is 4.74 Å². The Hall–Kier alpha value is -1.28. The predicted octanol–water partition coefficient (Wildman–Crippen LogP) is 2.37. The zero-order chi connectivity index (χ0) is 9.10. The number of ether oxygens (including phenoxy) is 2. The fraction of sp³-hybridized carbons (Fsp3) is 0.273. The van der Waals surface area contributed by atoms with E-state index in [9.17, 15) is 0 Å². The van der Waals surface area contributed by atoms with E-state index in [2.05, 4.69) is 6.58 Å². The summed E-state index contributed by atoms with van der Waals surface area (Å²) in [5.41, 5.74) is 0. The van der Waals surface area contributed by atoms with E-state index in [0.29, 0.717) is 0 Å². The van der Waals surface area contributed by atoms with E-state index in [1.807, 2.05) is 36.4 Å². The van der Waals surface area contributed by atoms with Gasteiger partial charge in [-0.2, -0.15) is 0 Å². The zero-order valence-corrected chi connectivity index (χ0v) is 7.35. The molecule has 2 nitrogen and oxygen atoms in total. The van der Waals surface area contributed by atoms with E-state index < -0.39 is 0 Å². The third kappa shape index (κ3) is 2.10. The molecular formula is C11H12O2. The van der Waals surface area contributed by atoms with Crippen LogP contribution in [0.1, 0.15) is 6.42 Å². The van der Waals surface area contributed by atoms with Crippen molar-refractivity contribution in [2.45, 2.75) is 18.8 Å². The van der Waals surface area contributed by atoms with Crippen molar-refractivity contribution >= 4 is 0 Å². The highest BCUT2D eigenvalue weighted by atomic mass is 16.8. The molecule has 0 spiro atoms. The van der Waals surface area contributed by atoms with E-state index in [1.165, 1.54) is 0 Å². The molecule has 0 saturated carbocycles. The van der Waals surface area contributed by atoms with Gasteiger partial charge < -0.3 is 9.47 Å². The fourth-order valence-corrected chi connectivity index (χ4v) is 1.19. The second-order valence-electron chi connectivity index (χ2n) is 3.00. The molecule has 0 radical (unpaired) electrons. The van der Waals surface area contributed by atoms with Crippen LogP contribution in [0.15, 0.2) is 43.0 Å². The minimum Gasteiger partial charge on any atom is -0.462 e. The van der Waals surface area contributed by atoms with Crippen molar-refractivity contribution < 1.29 is 9.47 Å². The molecule has 2 heteroatoms. The molecule has 0 N–H and O–H groups in total. The van der Waals surface area contributed by atoms with Crippen LogP contribution in [0.4, 0.5) is 0 Å². The normalized spacial score (nSPS) is 25.2. The molecule has 0 bridgehead atoms. The second-order valence-corrected chi connectivity index (χ2v) is 3.00. The fourth-order valence-electron chi connectivity index (χ4n) is 1.19. The molecule has 0 aromatic heterocycles. The van der Waals surface area contributed by atoms with Crippen molar-refractivity contribution in [2.24, 2.45) is 0 Å². The van der Waals surface area contributed by atoms with Crippen LogP contribution < -0.4 is 4.74 Å². The van der Waals surface area contributed by atoms with E-state index in [4.69, 9.17) is 9.47 Å². The molecule has 13 heavy (non-hydrogen) atoms. The minimum absolute atomic E-state index is 0.0691. The summed E-state index contributed by atoms with van der Waals surface area (Å²) < 4.78 is 10.8. The second kappa shape index (κ2) is 3.62. The van der Waals surface area contributed by atoms with Crippen LogP contribution in [0.5, 0.6) is 5.75 Å². The van der Waals surface area contributed by atoms with Crippen LogP contribution in [0.2, 0.25) is 0 Å². The van der Waals surface area contributed by atoms with E-state index in [-0.39, 0.29) is 12.4 Å². The predicted molar refractivity (Wildman–Crippen MR) is 50.5 cm³/mol. The number of epoxide rings is 1. The van der Waals surface area contributed by atoms with Crippen molar-refractivity contribution in [3.05, 3.63) is 43.0 Å². The van der Waals surface area contributed by atoms with E-state index in [0.717, 1.165) is 12.2 Å². The Kier molecular flexibility index (Phi) is 2.32. The van der Waals surface area contributed by atoms with Crippen molar-refractivity contribution in [1.82, 2.24) is 0 Å². The molecule has 2 unspecified atom stereocenters. The molecule has 0 aliphatic carbocycles. The first-order valence-corrected chi connectivity index (χ1v) is 4.38. The summed E-state index contributed by atoms with van der Waals surface area (Å²) in [6.07, 6.45) is 2.84. The molecule has 2 rings (SSSR count).